The van der Waals surface area contributed by atoms with Crippen LogP contribution < -0.4 is 10.4 Å². The number of piperidine rings is 1. The van der Waals surface area contributed by atoms with Gasteiger partial charge in [-0.05, 0) is 49.2 Å². The molecule has 3 aromatic rings. The van der Waals surface area contributed by atoms with Crippen LogP contribution in [0, 0.1) is 5.82 Å². The number of para-hydroxylation sites is 2. The van der Waals surface area contributed by atoms with Crippen molar-refractivity contribution in [1.29, 1.82) is 0 Å². The Bertz CT molecular complexity index is 1020. The summed E-state index contributed by atoms with van der Waals surface area (Å²) in [4.78, 5) is 14.9. The number of hydrogen-bond donors (Lipinski definition) is 1. The molecule has 4 rings (SSSR count). The van der Waals surface area contributed by atoms with Gasteiger partial charge in [0, 0.05) is 32.7 Å². The second kappa shape index (κ2) is 8.39. The van der Waals surface area contributed by atoms with E-state index in [2.05, 4.69) is 4.90 Å². The maximum absolute atomic E-state index is 12.9. The van der Waals surface area contributed by atoms with Crippen LogP contribution in [0.5, 0.6) is 5.75 Å². The van der Waals surface area contributed by atoms with Gasteiger partial charge in [0.25, 0.3) is 0 Å². The zero-order valence-corrected chi connectivity index (χ0v) is 16.5. The normalized spacial score (nSPS) is 16.9. The number of benzene rings is 2. The predicted molar refractivity (Wildman–Crippen MR) is 110 cm³/mol. The van der Waals surface area contributed by atoms with Gasteiger partial charge in [-0.15, -0.1) is 0 Å². The number of likely N-dealkylation sites (tertiary alicyclic amines) is 1. The molecule has 29 heavy (non-hydrogen) atoms. The standard InChI is InChI=1S/C22H26FN3O3/c1-24-20-4-2-3-5-21(20)26(22(24)28)17-10-12-25(13-11-17)14-18(27)15-29-19-8-6-16(23)7-9-19/h2-9,17-18,27H,10-15H2,1H3. The minimum atomic E-state index is -0.628. The monoisotopic (exact) mass is 399 g/mol. The van der Waals surface area contributed by atoms with Crippen molar-refractivity contribution in [3.63, 3.8) is 0 Å². The quantitative estimate of drug-likeness (QED) is 0.692. The Hall–Kier alpha value is -2.64. The fraction of sp³-hybridized carbons (Fsp3) is 0.409. The Labute approximate surface area is 168 Å². The van der Waals surface area contributed by atoms with Crippen LogP contribution in [0.1, 0.15) is 18.9 Å². The average Bonchev–Trinajstić information content (AvgIpc) is 2.99. The second-order valence-corrected chi connectivity index (χ2v) is 7.65. The van der Waals surface area contributed by atoms with Gasteiger partial charge in [-0.25, -0.2) is 9.18 Å². The number of aliphatic hydroxyl groups is 1. The number of aromatic nitrogens is 2. The third-order valence-corrected chi connectivity index (χ3v) is 5.64. The van der Waals surface area contributed by atoms with Gasteiger partial charge in [-0.1, -0.05) is 12.1 Å². The van der Waals surface area contributed by atoms with Crippen LogP contribution in [0.25, 0.3) is 11.0 Å². The first kappa shape index (κ1) is 19.7. The number of halogens is 1. The number of nitrogens with zero attached hydrogens (tertiary/aromatic N) is 3. The molecule has 1 aliphatic rings. The highest BCUT2D eigenvalue weighted by molar-refractivity contribution is 5.76. The van der Waals surface area contributed by atoms with E-state index < -0.39 is 6.10 Å². The van der Waals surface area contributed by atoms with E-state index >= 15 is 0 Å². The third-order valence-electron chi connectivity index (χ3n) is 5.64. The highest BCUT2D eigenvalue weighted by Crippen LogP contribution is 2.25. The van der Waals surface area contributed by atoms with Gasteiger partial charge in [-0.2, -0.15) is 0 Å². The van der Waals surface area contributed by atoms with E-state index in [0.29, 0.717) is 12.3 Å². The van der Waals surface area contributed by atoms with Crippen LogP contribution in [0.4, 0.5) is 4.39 Å². The minimum absolute atomic E-state index is 0.0254. The lowest BCUT2D eigenvalue weighted by atomic mass is 10.0. The first-order valence-electron chi connectivity index (χ1n) is 9.97. The van der Waals surface area contributed by atoms with Gasteiger partial charge in [0.2, 0.25) is 0 Å². The zero-order valence-electron chi connectivity index (χ0n) is 16.5. The molecule has 0 radical (unpaired) electrons. The summed E-state index contributed by atoms with van der Waals surface area (Å²) < 4.78 is 22.1. The maximum atomic E-state index is 12.9. The molecule has 0 bridgehead atoms. The van der Waals surface area contributed by atoms with Crippen LogP contribution in [0.2, 0.25) is 0 Å². The van der Waals surface area contributed by atoms with E-state index in [9.17, 15) is 14.3 Å². The molecule has 1 N–H and O–H groups in total. The van der Waals surface area contributed by atoms with Gasteiger partial charge >= 0.3 is 5.69 Å². The summed E-state index contributed by atoms with van der Waals surface area (Å²) in [6.07, 6.45) is 1.09. The molecule has 7 heteroatoms. The topological polar surface area (TPSA) is 59.6 Å². The lowest BCUT2D eigenvalue weighted by Gasteiger charge is -2.33. The molecule has 2 heterocycles. The lowest BCUT2D eigenvalue weighted by molar-refractivity contribution is 0.0558. The Morgan fingerprint density at radius 1 is 1.10 bits per heavy atom. The van der Waals surface area contributed by atoms with E-state index in [1.807, 2.05) is 35.9 Å². The van der Waals surface area contributed by atoms with E-state index in [1.165, 1.54) is 12.1 Å². The molecule has 0 spiro atoms. The van der Waals surface area contributed by atoms with E-state index in [1.54, 1.807) is 16.7 Å². The third kappa shape index (κ3) is 4.21. The minimum Gasteiger partial charge on any atom is -0.491 e. The average molecular weight is 399 g/mol. The Morgan fingerprint density at radius 3 is 2.45 bits per heavy atom. The van der Waals surface area contributed by atoms with Crippen LogP contribution in [-0.4, -0.2) is 51.5 Å². The number of imidazole rings is 1. The molecule has 6 nitrogen and oxygen atoms in total. The molecule has 0 aliphatic carbocycles. The smallest absolute Gasteiger partial charge is 0.329 e. The van der Waals surface area contributed by atoms with Gasteiger partial charge < -0.3 is 14.7 Å². The fourth-order valence-corrected chi connectivity index (χ4v) is 4.11. The van der Waals surface area contributed by atoms with Crippen molar-refractivity contribution in [2.45, 2.75) is 25.0 Å². The molecule has 1 aliphatic heterocycles. The summed E-state index contributed by atoms with van der Waals surface area (Å²) in [7, 11) is 1.81. The van der Waals surface area contributed by atoms with Crippen molar-refractivity contribution in [2.75, 3.05) is 26.2 Å². The van der Waals surface area contributed by atoms with Crippen LogP contribution in [0.3, 0.4) is 0 Å². The number of rotatable bonds is 6. The molecule has 1 aromatic heterocycles. The molecule has 1 saturated heterocycles. The number of hydrogen-bond acceptors (Lipinski definition) is 4. The number of ether oxygens (including phenoxy) is 1. The van der Waals surface area contributed by atoms with Crippen molar-refractivity contribution in [3.05, 3.63) is 64.8 Å². The second-order valence-electron chi connectivity index (χ2n) is 7.65. The fourth-order valence-electron chi connectivity index (χ4n) is 4.11. The molecule has 1 unspecified atom stereocenters. The predicted octanol–water partition coefficient (Wildman–Crippen LogP) is 2.56. The van der Waals surface area contributed by atoms with Crippen LogP contribution >= 0.6 is 0 Å². The summed E-state index contributed by atoms with van der Waals surface area (Å²) in [5.74, 6) is 0.227. The van der Waals surface area contributed by atoms with Crippen LogP contribution in [0.15, 0.2) is 53.3 Å². The van der Waals surface area contributed by atoms with Gasteiger partial charge in [0.05, 0.1) is 11.0 Å². The number of fused-ring (bicyclic) bond motifs is 1. The molecular weight excluding hydrogens is 373 g/mol. The Kier molecular flexibility index (Phi) is 5.69. The molecule has 0 saturated carbocycles. The van der Waals surface area contributed by atoms with Gasteiger partial charge in [0.15, 0.2) is 0 Å². The van der Waals surface area contributed by atoms with Crippen molar-refractivity contribution >= 4 is 11.0 Å². The largest absolute Gasteiger partial charge is 0.491 e. The van der Waals surface area contributed by atoms with Crippen molar-refractivity contribution in [2.24, 2.45) is 7.05 Å². The summed E-state index contributed by atoms with van der Waals surface area (Å²) in [6.45, 7) is 2.30. The molecule has 1 fully saturated rings. The molecular formula is C22H26FN3O3. The zero-order chi connectivity index (χ0) is 20.4. The summed E-state index contributed by atoms with van der Waals surface area (Å²) >= 11 is 0. The van der Waals surface area contributed by atoms with Crippen molar-refractivity contribution in [3.8, 4) is 5.75 Å². The van der Waals surface area contributed by atoms with Gasteiger partial charge in [-0.3, -0.25) is 9.13 Å². The Balaban J connectivity index is 1.32. The highest BCUT2D eigenvalue weighted by atomic mass is 19.1. The number of β-amino-alcohol motifs (C(OH)–C–C–N with tert-alkyl or cyclic N) is 1. The van der Waals surface area contributed by atoms with Crippen molar-refractivity contribution in [1.82, 2.24) is 14.0 Å². The van der Waals surface area contributed by atoms with Crippen molar-refractivity contribution < 1.29 is 14.2 Å². The number of aryl methyl sites for hydroxylation is 1. The van der Waals surface area contributed by atoms with E-state index in [-0.39, 0.29) is 24.2 Å². The highest BCUT2D eigenvalue weighted by Gasteiger charge is 2.25. The Morgan fingerprint density at radius 2 is 1.76 bits per heavy atom. The molecule has 154 valence electrons. The molecule has 2 aromatic carbocycles. The van der Waals surface area contributed by atoms with E-state index in [4.69, 9.17) is 4.74 Å². The summed E-state index contributed by atoms with van der Waals surface area (Å²) in [5.41, 5.74) is 1.96. The number of aliphatic hydroxyl groups excluding tert-OH is 1. The van der Waals surface area contributed by atoms with E-state index in [0.717, 1.165) is 37.0 Å². The van der Waals surface area contributed by atoms with Crippen LogP contribution in [-0.2, 0) is 7.05 Å². The first-order valence-corrected chi connectivity index (χ1v) is 9.97. The maximum Gasteiger partial charge on any atom is 0.329 e. The van der Waals surface area contributed by atoms with Gasteiger partial charge in [0.1, 0.15) is 24.3 Å². The molecule has 0 amide bonds. The lowest BCUT2D eigenvalue weighted by Crippen LogP contribution is -2.42. The molecule has 1 atom stereocenters. The summed E-state index contributed by atoms with van der Waals surface area (Å²) in [6, 6.07) is 13.8. The summed E-state index contributed by atoms with van der Waals surface area (Å²) in [5, 5.41) is 10.3. The first-order chi connectivity index (χ1) is 14.0. The SMILES string of the molecule is Cn1c(=O)n(C2CCN(CC(O)COc3ccc(F)cc3)CC2)c2ccccc21.